The molecule has 1 heterocycles. The number of amides is 1. The maximum atomic E-state index is 12.5. The normalized spacial score (nSPS) is 17.4. The molecule has 1 aromatic carbocycles. The van der Waals surface area contributed by atoms with Gasteiger partial charge in [0.1, 0.15) is 10.9 Å². The molecule has 0 aliphatic carbocycles. The van der Waals surface area contributed by atoms with Crippen LogP contribution in [-0.4, -0.2) is 32.7 Å². The van der Waals surface area contributed by atoms with Crippen molar-refractivity contribution in [3.05, 3.63) is 40.3 Å². The number of hydrogen-bond donors (Lipinski definition) is 1. The molecule has 0 aromatic heterocycles. The summed E-state index contributed by atoms with van der Waals surface area (Å²) in [6.07, 6.45) is -3.05. The first-order valence-electron chi connectivity index (χ1n) is 5.83. The standard InChI is InChI=1S/C13H8F3NO3S2/c14-13(15,16)8-3-1-7(2-4-8)5-9-11(20)17(6-10(18)19)12(21)22-9/h1-5H,6H2,(H,18,19)/b9-5-. The predicted molar refractivity (Wildman–Crippen MR) is 79.0 cm³/mol. The van der Waals surface area contributed by atoms with Crippen LogP contribution in [0.5, 0.6) is 0 Å². The lowest BCUT2D eigenvalue weighted by Gasteiger charge is -2.10. The fourth-order valence-electron chi connectivity index (χ4n) is 1.69. The maximum absolute atomic E-state index is 12.5. The summed E-state index contributed by atoms with van der Waals surface area (Å²) in [6.45, 7) is -0.547. The lowest BCUT2D eigenvalue weighted by atomic mass is 10.1. The molecule has 1 N–H and O–H groups in total. The molecule has 1 aliphatic heterocycles. The van der Waals surface area contributed by atoms with E-state index in [4.69, 9.17) is 17.3 Å². The highest BCUT2D eigenvalue weighted by molar-refractivity contribution is 8.26. The molecule has 0 saturated carbocycles. The molecule has 2 rings (SSSR count). The summed E-state index contributed by atoms with van der Waals surface area (Å²) in [7, 11) is 0. The van der Waals surface area contributed by atoms with Crippen LogP contribution in [-0.2, 0) is 15.8 Å². The van der Waals surface area contributed by atoms with Crippen molar-refractivity contribution in [1.29, 1.82) is 0 Å². The van der Waals surface area contributed by atoms with Crippen LogP contribution >= 0.6 is 24.0 Å². The van der Waals surface area contributed by atoms with E-state index in [1.807, 2.05) is 0 Å². The zero-order valence-electron chi connectivity index (χ0n) is 10.8. The third-order valence-corrected chi connectivity index (χ3v) is 4.08. The number of nitrogens with zero attached hydrogens (tertiary/aromatic N) is 1. The average Bonchev–Trinajstić information content (AvgIpc) is 2.66. The van der Waals surface area contributed by atoms with Gasteiger partial charge in [-0.15, -0.1) is 0 Å². The molecule has 0 unspecified atom stereocenters. The van der Waals surface area contributed by atoms with Crippen LogP contribution in [0.15, 0.2) is 29.2 Å². The van der Waals surface area contributed by atoms with E-state index in [9.17, 15) is 22.8 Å². The third-order valence-electron chi connectivity index (χ3n) is 2.70. The summed E-state index contributed by atoms with van der Waals surface area (Å²) in [5, 5.41) is 8.70. The molecule has 1 aromatic rings. The summed E-state index contributed by atoms with van der Waals surface area (Å²) in [5.41, 5.74) is -0.396. The second-order valence-electron chi connectivity index (χ2n) is 4.28. The minimum Gasteiger partial charge on any atom is -0.480 e. The van der Waals surface area contributed by atoms with Gasteiger partial charge in [-0.25, -0.2) is 0 Å². The summed E-state index contributed by atoms with van der Waals surface area (Å²) in [4.78, 5) is 23.7. The monoisotopic (exact) mass is 347 g/mol. The lowest BCUT2D eigenvalue weighted by molar-refractivity contribution is -0.140. The molecular weight excluding hydrogens is 339 g/mol. The van der Waals surface area contributed by atoms with Crippen molar-refractivity contribution in [3.63, 3.8) is 0 Å². The van der Waals surface area contributed by atoms with Gasteiger partial charge in [-0.1, -0.05) is 36.1 Å². The van der Waals surface area contributed by atoms with Crippen LogP contribution < -0.4 is 0 Å². The van der Waals surface area contributed by atoms with E-state index in [1.54, 1.807) is 0 Å². The van der Waals surface area contributed by atoms with Crippen molar-refractivity contribution < 1.29 is 27.9 Å². The molecular formula is C13H8F3NO3S2. The molecule has 9 heteroatoms. The minimum atomic E-state index is -4.43. The van der Waals surface area contributed by atoms with Crippen LogP contribution in [0, 0.1) is 0 Å². The second kappa shape index (κ2) is 6.09. The van der Waals surface area contributed by atoms with Gasteiger partial charge in [-0.05, 0) is 23.8 Å². The summed E-state index contributed by atoms with van der Waals surface area (Å²) < 4.78 is 37.5. The number of halogens is 3. The maximum Gasteiger partial charge on any atom is 0.416 e. The van der Waals surface area contributed by atoms with Crippen molar-refractivity contribution in [2.45, 2.75) is 6.18 Å². The third kappa shape index (κ3) is 3.66. The van der Waals surface area contributed by atoms with Crippen LogP contribution in [0.3, 0.4) is 0 Å². The zero-order chi connectivity index (χ0) is 16.5. The number of hydrogen-bond acceptors (Lipinski definition) is 4. The molecule has 1 amide bonds. The number of carbonyl (C=O) groups excluding carboxylic acids is 1. The number of thiocarbonyl (C=S) groups is 1. The Morgan fingerprint density at radius 1 is 1.32 bits per heavy atom. The van der Waals surface area contributed by atoms with Crippen molar-refractivity contribution in [3.8, 4) is 0 Å². The van der Waals surface area contributed by atoms with E-state index in [-0.39, 0.29) is 9.23 Å². The Hall–Kier alpha value is -1.87. The Morgan fingerprint density at radius 2 is 1.91 bits per heavy atom. The van der Waals surface area contributed by atoms with E-state index in [1.165, 1.54) is 18.2 Å². The fourth-order valence-corrected chi connectivity index (χ4v) is 2.95. The predicted octanol–water partition coefficient (Wildman–Crippen LogP) is 2.99. The number of carboxylic acid groups (broad SMARTS) is 1. The van der Waals surface area contributed by atoms with Gasteiger partial charge in [0.05, 0.1) is 10.5 Å². The molecule has 0 radical (unpaired) electrons. The van der Waals surface area contributed by atoms with Crippen LogP contribution in [0.1, 0.15) is 11.1 Å². The van der Waals surface area contributed by atoms with Gasteiger partial charge in [0.2, 0.25) is 0 Å². The molecule has 22 heavy (non-hydrogen) atoms. The largest absolute Gasteiger partial charge is 0.480 e. The molecule has 116 valence electrons. The van der Waals surface area contributed by atoms with E-state index in [2.05, 4.69) is 0 Å². The van der Waals surface area contributed by atoms with E-state index in [0.717, 1.165) is 28.8 Å². The molecule has 4 nitrogen and oxygen atoms in total. The SMILES string of the molecule is O=C(O)CN1C(=O)/C(=C/c2ccc(C(F)(F)F)cc2)SC1=S. The molecule has 0 bridgehead atoms. The number of rotatable bonds is 3. The number of carbonyl (C=O) groups is 2. The Labute approximate surface area is 132 Å². The fraction of sp³-hybridized carbons (Fsp3) is 0.154. The lowest BCUT2D eigenvalue weighted by Crippen LogP contribution is -2.33. The van der Waals surface area contributed by atoms with Gasteiger partial charge in [0.25, 0.3) is 5.91 Å². The van der Waals surface area contributed by atoms with E-state index < -0.39 is 30.2 Å². The smallest absolute Gasteiger partial charge is 0.416 e. The first-order chi connectivity index (χ1) is 10.2. The van der Waals surface area contributed by atoms with Crippen molar-refractivity contribution in [2.24, 2.45) is 0 Å². The van der Waals surface area contributed by atoms with Gasteiger partial charge in [0, 0.05) is 0 Å². The Morgan fingerprint density at radius 3 is 2.41 bits per heavy atom. The number of benzene rings is 1. The molecule has 1 saturated heterocycles. The van der Waals surface area contributed by atoms with Crippen molar-refractivity contribution in [2.75, 3.05) is 6.54 Å². The molecule has 0 atom stereocenters. The van der Waals surface area contributed by atoms with Gasteiger partial charge in [-0.3, -0.25) is 14.5 Å². The zero-order valence-corrected chi connectivity index (χ0v) is 12.4. The Kier molecular flexibility index (Phi) is 4.57. The first kappa shape index (κ1) is 16.5. The van der Waals surface area contributed by atoms with Crippen LogP contribution in [0.4, 0.5) is 13.2 Å². The highest BCUT2D eigenvalue weighted by atomic mass is 32.2. The summed E-state index contributed by atoms with van der Waals surface area (Å²) in [6, 6.07) is 4.27. The highest BCUT2D eigenvalue weighted by Crippen LogP contribution is 2.33. The molecule has 1 aliphatic rings. The van der Waals surface area contributed by atoms with Gasteiger partial charge in [-0.2, -0.15) is 13.2 Å². The van der Waals surface area contributed by atoms with Gasteiger partial charge in [0.15, 0.2) is 0 Å². The Balaban J connectivity index is 2.22. The molecule has 1 fully saturated rings. The Bertz CT molecular complexity index is 668. The second-order valence-corrected chi connectivity index (χ2v) is 5.96. The van der Waals surface area contributed by atoms with Crippen LogP contribution in [0.2, 0.25) is 0 Å². The molecule has 0 spiro atoms. The van der Waals surface area contributed by atoms with E-state index >= 15 is 0 Å². The number of aliphatic carboxylic acids is 1. The van der Waals surface area contributed by atoms with Crippen molar-refractivity contribution in [1.82, 2.24) is 4.90 Å². The summed E-state index contributed by atoms with van der Waals surface area (Å²) in [5.74, 6) is -1.77. The van der Waals surface area contributed by atoms with Gasteiger partial charge < -0.3 is 5.11 Å². The van der Waals surface area contributed by atoms with E-state index in [0.29, 0.717) is 5.56 Å². The highest BCUT2D eigenvalue weighted by Gasteiger charge is 2.33. The van der Waals surface area contributed by atoms with Crippen molar-refractivity contribution >= 4 is 46.3 Å². The number of alkyl halides is 3. The first-order valence-corrected chi connectivity index (χ1v) is 7.05. The van der Waals surface area contributed by atoms with Gasteiger partial charge >= 0.3 is 12.1 Å². The van der Waals surface area contributed by atoms with Crippen LogP contribution in [0.25, 0.3) is 6.08 Å². The number of carboxylic acids is 1. The number of thioether (sulfide) groups is 1. The average molecular weight is 347 g/mol. The minimum absolute atomic E-state index is 0.102. The quantitative estimate of drug-likeness (QED) is 0.673. The summed E-state index contributed by atoms with van der Waals surface area (Å²) >= 11 is 5.83. The topological polar surface area (TPSA) is 57.6 Å².